The molecule has 1 atom stereocenters. The molecule has 3 rings (SSSR count). The minimum atomic E-state index is 0.494. The second kappa shape index (κ2) is 5.54. The van der Waals surface area contributed by atoms with Gasteiger partial charge in [-0.3, -0.25) is 0 Å². The van der Waals surface area contributed by atoms with Crippen molar-refractivity contribution < 1.29 is 0 Å². The van der Waals surface area contributed by atoms with Crippen molar-refractivity contribution in [2.45, 2.75) is 38.6 Å². The topological polar surface area (TPSA) is 35.8 Å². The fraction of sp³-hybridized carbons (Fsp3) is 0.389. The van der Waals surface area contributed by atoms with Crippen LogP contribution in [-0.2, 0) is 0 Å². The van der Waals surface area contributed by atoms with E-state index in [4.69, 9.17) is 0 Å². The number of hydrogen-bond donors (Lipinski definition) is 1. The average molecular weight is 264 g/mol. The van der Waals surface area contributed by atoms with Crippen LogP contribution in [0.2, 0.25) is 0 Å². The van der Waals surface area contributed by atoms with Gasteiger partial charge in [-0.25, -0.2) is 0 Å². The highest BCUT2D eigenvalue weighted by atomic mass is 14.9. The van der Waals surface area contributed by atoms with E-state index in [1.54, 1.807) is 0 Å². The monoisotopic (exact) mass is 264 g/mol. The molecule has 0 saturated heterocycles. The van der Waals surface area contributed by atoms with Crippen molar-refractivity contribution in [3.05, 3.63) is 42.0 Å². The summed E-state index contributed by atoms with van der Waals surface area (Å²) >= 11 is 0. The van der Waals surface area contributed by atoms with Gasteiger partial charge in [0.05, 0.1) is 11.6 Å². The predicted octanol–water partition coefficient (Wildman–Crippen LogP) is 4.70. The van der Waals surface area contributed by atoms with E-state index < -0.39 is 0 Å². The average Bonchev–Trinajstić information content (AvgIpc) is 3.02. The number of nitrogens with zero attached hydrogens (tertiary/aromatic N) is 1. The smallest absolute Gasteiger partial charge is 0.0998 e. The van der Waals surface area contributed by atoms with Crippen molar-refractivity contribution in [1.82, 2.24) is 0 Å². The molecule has 0 heterocycles. The lowest BCUT2D eigenvalue weighted by Gasteiger charge is -2.22. The SMILES string of the molecule is CC(Nc1ccc(C#N)c2ccccc12)C1CCCC1. The molecule has 0 amide bonds. The number of nitrogens with one attached hydrogen (secondary N) is 1. The molecule has 1 fully saturated rings. The zero-order valence-electron chi connectivity index (χ0n) is 11.9. The van der Waals surface area contributed by atoms with E-state index in [0.29, 0.717) is 6.04 Å². The molecule has 0 aromatic heterocycles. The lowest BCUT2D eigenvalue weighted by atomic mass is 9.98. The van der Waals surface area contributed by atoms with E-state index in [2.05, 4.69) is 24.4 Å². The maximum absolute atomic E-state index is 9.21. The first-order valence-electron chi connectivity index (χ1n) is 7.48. The Morgan fingerprint density at radius 1 is 1.10 bits per heavy atom. The highest BCUT2D eigenvalue weighted by Gasteiger charge is 2.21. The summed E-state index contributed by atoms with van der Waals surface area (Å²) in [5, 5.41) is 15.1. The van der Waals surface area contributed by atoms with Crippen molar-refractivity contribution in [1.29, 1.82) is 5.26 Å². The van der Waals surface area contributed by atoms with Crippen LogP contribution in [0.1, 0.15) is 38.2 Å². The third-order valence-corrected chi connectivity index (χ3v) is 4.53. The fourth-order valence-electron chi connectivity index (χ4n) is 3.34. The minimum Gasteiger partial charge on any atom is -0.382 e. The number of fused-ring (bicyclic) bond motifs is 1. The van der Waals surface area contributed by atoms with Crippen molar-refractivity contribution >= 4 is 16.5 Å². The normalized spacial score (nSPS) is 17.0. The Kier molecular flexibility index (Phi) is 3.60. The third-order valence-electron chi connectivity index (χ3n) is 4.53. The van der Waals surface area contributed by atoms with Crippen molar-refractivity contribution in [2.24, 2.45) is 5.92 Å². The van der Waals surface area contributed by atoms with Gasteiger partial charge in [-0.05, 0) is 37.8 Å². The Morgan fingerprint density at radius 3 is 2.50 bits per heavy atom. The van der Waals surface area contributed by atoms with Crippen LogP contribution in [0.25, 0.3) is 10.8 Å². The van der Waals surface area contributed by atoms with Gasteiger partial charge in [0.15, 0.2) is 0 Å². The van der Waals surface area contributed by atoms with E-state index in [9.17, 15) is 5.26 Å². The Labute approximate surface area is 120 Å². The molecule has 2 nitrogen and oxygen atoms in total. The first-order valence-corrected chi connectivity index (χ1v) is 7.48. The molecule has 102 valence electrons. The predicted molar refractivity (Wildman–Crippen MR) is 83.7 cm³/mol. The second-order valence-electron chi connectivity index (χ2n) is 5.80. The van der Waals surface area contributed by atoms with Crippen molar-refractivity contribution in [2.75, 3.05) is 5.32 Å². The Balaban J connectivity index is 1.94. The summed E-state index contributed by atoms with van der Waals surface area (Å²) in [5.74, 6) is 0.782. The van der Waals surface area contributed by atoms with Crippen LogP contribution >= 0.6 is 0 Å². The van der Waals surface area contributed by atoms with Crippen LogP contribution in [0.4, 0.5) is 5.69 Å². The van der Waals surface area contributed by atoms with Gasteiger partial charge in [0.2, 0.25) is 0 Å². The molecular formula is C18H20N2. The first-order chi connectivity index (χ1) is 9.79. The van der Waals surface area contributed by atoms with Crippen LogP contribution in [0, 0.1) is 17.2 Å². The van der Waals surface area contributed by atoms with E-state index in [0.717, 1.165) is 27.9 Å². The summed E-state index contributed by atoms with van der Waals surface area (Å²) in [6.45, 7) is 2.28. The molecular weight excluding hydrogens is 244 g/mol. The number of rotatable bonds is 3. The lowest BCUT2D eigenvalue weighted by Crippen LogP contribution is -2.23. The molecule has 0 bridgehead atoms. The summed E-state index contributed by atoms with van der Waals surface area (Å²) in [6, 6.07) is 14.9. The molecule has 0 spiro atoms. The van der Waals surface area contributed by atoms with Crippen LogP contribution in [0.15, 0.2) is 36.4 Å². The van der Waals surface area contributed by atoms with Crippen LogP contribution < -0.4 is 5.32 Å². The highest BCUT2D eigenvalue weighted by Crippen LogP contribution is 2.32. The lowest BCUT2D eigenvalue weighted by molar-refractivity contribution is 0.482. The summed E-state index contributed by atoms with van der Waals surface area (Å²) in [7, 11) is 0. The quantitative estimate of drug-likeness (QED) is 0.872. The van der Waals surface area contributed by atoms with E-state index in [-0.39, 0.29) is 0 Å². The maximum Gasteiger partial charge on any atom is 0.0998 e. The van der Waals surface area contributed by atoms with Gasteiger partial charge >= 0.3 is 0 Å². The van der Waals surface area contributed by atoms with E-state index in [1.165, 1.54) is 25.7 Å². The molecule has 2 aromatic carbocycles. The number of benzene rings is 2. The number of hydrogen-bond acceptors (Lipinski definition) is 2. The zero-order valence-corrected chi connectivity index (χ0v) is 11.9. The summed E-state index contributed by atoms with van der Waals surface area (Å²) in [5.41, 5.74) is 1.90. The van der Waals surface area contributed by atoms with Gasteiger partial charge in [-0.15, -0.1) is 0 Å². The van der Waals surface area contributed by atoms with Crippen LogP contribution in [-0.4, -0.2) is 6.04 Å². The molecule has 1 N–H and O–H groups in total. The largest absolute Gasteiger partial charge is 0.382 e. The van der Waals surface area contributed by atoms with Gasteiger partial charge in [0.25, 0.3) is 0 Å². The summed E-state index contributed by atoms with van der Waals surface area (Å²) in [6.07, 6.45) is 5.40. The third kappa shape index (κ3) is 2.36. The Hall–Kier alpha value is -2.01. The molecule has 2 aromatic rings. The highest BCUT2D eigenvalue weighted by molar-refractivity contribution is 5.97. The number of nitriles is 1. The first kappa shape index (κ1) is 13.0. The molecule has 0 aliphatic heterocycles. The van der Waals surface area contributed by atoms with E-state index in [1.807, 2.05) is 30.3 Å². The standard InChI is InChI=1S/C18H20N2/c1-13(14-6-2-3-7-14)20-18-11-10-15(12-19)16-8-4-5-9-17(16)18/h4-5,8-11,13-14,20H,2-3,6-7H2,1H3. The Morgan fingerprint density at radius 2 is 1.80 bits per heavy atom. The van der Waals surface area contributed by atoms with Gasteiger partial charge in [-0.2, -0.15) is 5.26 Å². The fourth-order valence-corrected chi connectivity index (χ4v) is 3.34. The van der Waals surface area contributed by atoms with E-state index >= 15 is 0 Å². The number of anilines is 1. The Bertz CT molecular complexity index is 648. The van der Waals surface area contributed by atoms with Crippen LogP contribution in [0.5, 0.6) is 0 Å². The van der Waals surface area contributed by atoms with Crippen LogP contribution in [0.3, 0.4) is 0 Å². The molecule has 0 radical (unpaired) electrons. The van der Waals surface area contributed by atoms with Crippen molar-refractivity contribution in [3.63, 3.8) is 0 Å². The summed E-state index contributed by atoms with van der Waals surface area (Å²) in [4.78, 5) is 0. The van der Waals surface area contributed by atoms with Crippen molar-refractivity contribution in [3.8, 4) is 6.07 Å². The van der Waals surface area contributed by atoms with Gasteiger partial charge in [-0.1, -0.05) is 37.1 Å². The molecule has 1 saturated carbocycles. The van der Waals surface area contributed by atoms with Gasteiger partial charge < -0.3 is 5.32 Å². The molecule has 1 aliphatic rings. The summed E-state index contributed by atoms with van der Waals surface area (Å²) < 4.78 is 0. The molecule has 1 aliphatic carbocycles. The molecule has 2 heteroatoms. The second-order valence-corrected chi connectivity index (χ2v) is 5.80. The maximum atomic E-state index is 9.21. The van der Waals surface area contributed by atoms with Gasteiger partial charge in [0.1, 0.15) is 0 Å². The zero-order chi connectivity index (χ0) is 13.9. The van der Waals surface area contributed by atoms with Gasteiger partial charge in [0, 0.05) is 22.5 Å². The molecule has 20 heavy (non-hydrogen) atoms. The minimum absolute atomic E-state index is 0.494. The molecule has 1 unspecified atom stereocenters.